The predicted octanol–water partition coefficient (Wildman–Crippen LogP) is 5.39. The van der Waals surface area contributed by atoms with Gasteiger partial charge in [-0.05, 0) is 68.3 Å². The Morgan fingerprint density at radius 2 is 2.00 bits per heavy atom. The first-order valence-electron chi connectivity index (χ1n) is 8.88. The summed E-state index contributed by atoms with van der Waals surface area (Å²) in [6.07, 6.45) is 9.24. The fraction of sp³-hybridized carbons (Fsp3) is 0.737. The summed E-state index contributed by atoms with van der Waals surface area (Å²) in [7, 11) is -1.71. The average molecular weight is 339 g/mol. The molecule has 0 fully saturated rings. The summed E-state index contributed by atoms with van der Waals surface area (Å²) < 4.78 is 11.4. The van der Waals surface area contributed by atoms with Crippen LogP contribution in [0, 0.1) is 0 Å². The van der Waals surface area contributed by atoms with E-state index in [4.69, 9.17) is 9.16 Å². The molecule has 4 heteroatoms. The fourth-order valence-electron chi connectivity index (χ4n) is 2.41. The largest absolute Gasteiger partial charge is 0.463 e. The normalized spacial score (nSPS) is 18.5. The minimum absolute atomic E-state index is 0.222. The van der Waals surface area contributed by atoms with E-state index in [-0.39, 0.29) is 11.0 Å². The molecule has 1 aliphatic carbocycles. The van der Waals surface area contributed by atoms with Crippen LogP contribution in [0.3, 0.4) is 0 Å². The minimum atomic E-state index is -1.71. The molecule has 0 heterocycles. The van der Waals surface area contributed by atoms with E-state index in [0.29, 0.717) is 6.61 Å². The number of rotatable bonds is 6. The second kappa shape index (κ2) is 8.83. The smallest absolute Gasteiger partial charge is 0.331 e. The second-order valence-corrected chi connectivity index (χ2v) is 12.6. The lowest BCUT2D eigenvalue weighted by molar-refractivity contribution is -0.137. The highest BCUT2D eigenvalue weighted by Gasteiger charge is 2.36. The zero-order chi connectivity index (χ0) is 17.5. The van der Waals surface area contributed by atoms with Gasteiger partial charge in [-0.3, -0.25) is 0 Å². The Kier molecular flexibility index (Phi) is 7.75. The van der Waals surface area contributed by atoms with E-state index in [1.54, 1.807) is 6.08 Å². The topological polar surface area (TPSA) is 35.5 Å². The van der Waals surface area contributed by atoms with Crippen LogP contribution >= 0.6 is 0 Å². The number of carbonyl (C=O) groups excluding carboxylic acids is 1. The lowest BCUT2D eigenvalue weighted by Gasteiger charge is -2.36. The molecule has 0 aromatic rings. The lowest BCUT2D eigenvalue weighted by atomic mass is 10.00. The molecule has 0 spiro atoms. The van der Waals surface area contributed by atoms with Gasteiger partial charge in [0.25, 0.3) is 0 Å². The van der Waals surface area contributed by atoms with Gasteiger partial charge < -0.3 is 9.16 Å². The van der Waals surface area contributed by atoms with Crippen molar-refractivity contribution >= 4 is 14.3 Å². The monoisotopic (exact) mass is 338 g/mol. The SMILES string of the molecule is CCOC(=O)/C=C1/CCCCC=C1CCO[Si](C)(C)C(C)(C)C. The molecule has 0 amide bonds. The molecule has 1 aliphatic rings. The highest BCUT2D eigenvalue weighted by molar-refractivity contribution is 6.74. The average Bonchev–Trinajstić information content (AvgIpc) is 2.63. The minimum Gasteiger partial charge on any atom is -0.463 e. The summed E-state index contributed by atoms with van der Waals surface area (Å²) in [5.41, 5.74) is 2.41. The van der Waals surface area contributed by atoms with E-state index in [2.05, 4.69) is 39.9 Å². The first-order valence-corrected chi connectivity index (χ1v) is 11.8. The van der Waals surface area contributed by atoms with Crippen molar-refractivity contribution in [2.45, 2.75) is 77.9 Å². The van der Waals surface area contributed by atoms with Crippen molar-refractivity contribution in [2.24, 2.45) is 0 Å². The Labute approximate surface area is 143 Å². The molecule has 23 heavy (non-hydrogen) atoms. The Bertz CT molecular complexity index is 456. The molecule has 0 aliphatic heterocycles. The summed E-state index contributed by atoms with van der Waals surface area (Å²) in [5.74, 6) is -0.222. The summed E-state index contributed by atoms with van der Waals surface area (Å²) in [6.45, 7) is 14.3. The summed E-state index contributed by atoms with van der Waals surface area (Å²) in [4.78, 5) is 11.8. The van der Waals surface area contributed by atoms with Crippen LogP contribution in [0.2, 0.25) is 18.1 Å². The van der Waals surface area contributed by atoms with Crippen LogP contribution in [0.4, 0.5) is 0 Å². The molecule has 0 N–H and O–H groups in total. The first kappa shape index (κ1) is 20.2. The number of allylic oxidation sites excluding steroid dienone is 2. The van der Waals surface area contributed by atoms with Gasteiger partial charge in [-0.25, -0.2) is 4.79 Å². The van der Waals surface area contributed by atoms with Crippen LogP contribution in [0.25, 0.3) is 0 Å². The number of ether oxygens (including phenoxy) is 1. The van der Waals surface area contributed by atoms with Gasteiger partial charge in [0.2, 0.25) is 0 Å². The van der Waals surface area contributed by atoms with Crippen molar-refractivity contribution in [1.82, 2.24) is 0 Å². The first-order chi connectivity index (χ1) is 10.7. The Morgan fingerprint density at radius 3 is 2.61 bits per heavy atom. The van der Waals surface area contributed by atoms with Gasteiger partial charge in [-0.2, -0.15) is 0 Å². The van der Waals surface area contributed by atoms with Crippen LogP contribution in [0.15, 0.2) is 23.3 Å². The predicted molar refractivity (Wildman–Crippen MR) is 99.0 cm³/mol. The van der Waals surface area contributed by atoms with E-state index < -0.39 is 8.32 Å². The van der Waals surface area contributed by atoms with E-state index >= 15 is 0 Å². The van der Waals surface area contributed by atoms with Gasteiger partial charge in [0.15, 0.2) is 8.32 Å². The van der Waals surface area contributed by atoms with Crippen molar-refractivity contribution in [1.29, 1.82) is 0 Å². The number of hydrogen-bond donors (Lipinski definition) is 0. The Balaban J connectivity index is 2.71. The highest BCUT2D eigenvalue weighted by Crippen LogP contribution is 2.37. The third-order valence-corrected chi connectivity index (χ3v) is 9.46. The van der Waals surface area contributed by atoms with Crippen LogP contribution in [-0.2, 0) is 14.0 Å². The molecule has 0 bridgehead atoms. The second-order valence-electron chi connectivity index (χ2n) is 7.76. The van der Waals surface area contributed by atoms with Crippen LogP contribution in [0.5, 0.6) is 0 Å². The van der Waals surface area contributed by atoms with Crippen molar-refractivity contribution < 1.29 is 14.0 Å². The molecular formula is C19H34O3Si. The maximum absolute atomic E-state index is 11.8. The van der Waals surface area contributed by atoms with Gasteiger partial charge in [0.05, 0.1) is 6.61 Å². The van der Waals surface area contributed by atoms with Gasteiger partial charge in [0.1, 0.15) is 0 Å². The molecule has 0 aromatic carbocycles. The summed E-state index contributed by atoms with van der Waals surface area (Å²) in [5, 5.41) is 0.231. The highest BCUT2D eigenvalue weighted by atomic mass is 28.4. The van der Waals surface area contributed by atoms with Crippen molar-refractivity contribution in [3.63, 3.8) is 0 Å². The van der Waals surface area contributed by atoms with Crippen LogP contribution in [0.1, 0.15) is 59.8 Å². The zero-order valence-electron chi connectivity index (χ0n) is 15.8. The standard InChI is InChI=1S/C19H34O3Si/c1-7-21-18(20)15-17-12-10-8-9-11-16(17)13-14-22-23(5,6)19(2,3)4/h11,15H,7-10,12-14H2,1-6H3/b17-15-. The Morgan fingerprint density at radius 1 is 1.30 bits per heavy atom. The Hall–Kier alpha value is -0.873. The third-order valence-electron chi connectivity index (χ3n) is 4.92. The number of hydrogen-bond acceptors (Lipinski definition) is 3. The van der Waals surface area contributed by atoms with Crippen molar-refractivity contribution in [3.05, 3.63) is 23.3 Å². The molecule has 0 aromatic heterocycles. The van der Waals surface area contributed by atoms with Crippen molar-refractivity contribution in [2.75, 3.05) is 13.2 Å². The van der Waals surface area contributed by atoms with Crippen LogP contribution in [-0.4, -0.2) is 27.5 Å². The molecule has 3 nitrogen and oxygen atoms in total. The van der Waals surface area contributed by atoms with E-state index in [1.807, 2.05) is 6.92 Å². The molecule has 0 saturated heterocycles. The quantitative estimate of drug-likeness (QED) is 0.370. The molecule has 0 atom stereocenters. The molecule has 0 saturated carbocycles. The maximum Gasteiger partial charge on any atom is 0.331 e. The number of carbonyl (C=O) groups is 1. The molecule has 1 rings (SSSR count). The van der Waals surface area contributed by atoms with Gasteiger partial charge >= 0.3 is 5.97 Å². The van der Waals surface area contributed by atoms with Gasteiger partial charge in [0, 0.05) is 12.7 Å². The molecular weight excluding hydrogens is 304 g/mol. The van der Waals surface area contributed by atoms with E-state index in [9.17, 15) is 4.79 Å². The van der Waals surface area contributed by atoms with E-state index in [0.717, 1.165) is 37.9 Å². The molecule has 132 valence electrons. The summed E-state index contributed by atoms with van der Waals surface area (Å²) in [6, 6.07) is 0. The zero-order valence-corrected chi connectivity index (χ0v) is 16.8. The third kappa shape index (κ3) is 6.64. The fourth-order valence-corrected chi connectivity index (χ4v) is 3.46. The maximum atomic E-state index is 11.8. The molecule has 0 radical (unpaired) electrons. The van der Waals surface area contributed by atoms with Gasteiger partial charge in [-0.1, -0.05) is 26.8 Å². The van der Waals surface area contributed by atoms with Crippen LogP contribution < -0.4 is 0 Å². The summed E-state index contributed by atoms with van der Waals surface area (Å²) >= 11 is 0. The number of esters is 1. The molecule has 0 unspecified atom stereocenters. The van der Waals surface area contributed by atoms with Gasteiger partial charge in [-0.15, -0.1) is 0 Å². The van der Waals surface area contributed by atoms with Crippen molar-refractivity contribution in [3.8, 4) is 0 Å². The van der Waals surface area contributed by atoms with E-state index in [1.165, 1.54) is 12.0 Å². The lowest BCUT2D eigenvalue weighted by Crippen LogP contribution is -2.41.